The standard InChI is InChI=1S/C25H21N7O2S/c1-31-12-9-25(34,23(31)33)17-6-4-5-16(13-17)22-27-20(15-35-22)19-8-10-26-24(28-19)29-21-14-18-7-2-3-11-32(18)30-21/h2-8,10-11,13-15,34H,9,12H2,1H3,(H,26,28,29,30)/t25-/m1/s1. The summed E-state index contributed by atoms with van der Waals surface area (Å²) in [6.45, 7) is 0.528. The summed E-state index contributed by atoms with van der Waals surface area (Å²) in [5.74, 6) is 0.795. The molecule has 0 radical (unpaired) electrons. The first kappa shape index (κ1) is 21.4. The van der Waals surface area contributed by atoms with Gasteiger partial charge in [0.15, 0.2) is 11.4 Å². The van der Waals surface area contributed by atoms with E-state index in [2.05, 4.69) is 20.4 Å². The number of thiazole rings is 1. The number of rotatable bonds is 5. The third-order valence-corrected chi connectivity index (χ3v) is 7.02. The molecular formula is C25H21N7O2S. The summed E-state index contributed by atoms with van der Waals surface area (Å²) < 4.78 is 1.78. The van der Waals surface area contributed by atoms with Crippen LogP contribution in [-0.2, 0) is 10.4 Å². The number of nitrogens with zero attached hydrogens (tertiary/aromatic N) is 6. The SMILES string of the molecule is CN1CC[C@@](O)(c2cccc(-c3nc(-c4ccnc(Nc5cc6ccccn6n5)n4)cs3)c2)C1=O. The highest BCUT2D eigenvalue weighted by molar-refractivity contribution is 7.13. The van der Waals surface area contributed by atoms with Gasteiger partial charge in [-0.1, -0.05) is 24.3 Å². The molecule has 1 aliphatic rings. The fourth-order valence-electron chi connectivity index (χ4n) is 4.23. The van der Waals surface area contributed by atoms with Crippen LogP contribution in [-0.4, -0.2) is 54.1 Å². The van der Waals surface area contributed by atoms with Crippen molar-refractivity contribution in [2.45, 2.75) is 12.0 Å². The molecule has 0 spiro atoms. The molecule has 1 atom stereocenters. The first-order chi connectivity index (χ1) is 17.0. The second-order valence-corrected chi connectivity index (χ2v) is 9.30. The van der Waals surface area contributed by atoms with Crippen molar-refractivity contribution in [2.75, 3.05) is 18.9 Å². The van der Waals surface area contributed by atoms with Crippen molar-refractivity contribution in [1.82, 2.24) is 29.5 Å². The van der Waals surface area contributed by atoms with Crippen LogP contribution in [0, 0.1) is 0 Å². The Bertz CT molecular complexity index is 1530. The Morgan fingerprint density at radius 2 is 2.00 bits per heavy atom. The van der Waals surface area contributed by atoms with Gasteiger partial charge in [-0.15, -0.1) is 11.3 Å². The van der Waals surface area contributed by atoms with Crippen LogP contribution in [0.3, 0.4) is 0 Å². The zero-order valence-corrected chi connectivity index (χ0v) is 19.6. The van der Waals surface area contributed by atoms with Crippen LogP contribution in [0.15, 0.2) is 72.4 Å². The van der Waals surface area contributed by atoms with Gasteiger partial charge in [0.2, 0.25) is 5.95 Å². The summed E-state index contributed by atoms with van der Waals surface area (Å²) in [7, 11) is 1.71. The van der Waals surface area contributed by atoms with Crippen molar-refractivity contribution in [1.29, 1.82) is 0 Å². The van der Waals surface area contributed by atoms with Gasteiger partial charge in [-0.2, -0.15) is 5.10 Å². The summed E-state index contributed by atoms with van der Waals surface area (Å²) >= 11 is 1.48. The van der Waals surface area contributed by atoms with E-state index in [1.807, 2.05) is 54.0 Å². The van der Waals surface area contributed by atoms with Crippen LogP contribution in [0.5, 0.6) is 0 Å². The number of carbonyl (C=O) groups is 1. The molecule has 35 heavy (non-hydrogen) atoms. The molecule has 9 nitrogen and oxygen atoms in total. The van der Waals surface area contributed by atoms with Gasteiger partial charge in [0.25, 0.3) is 5.91 Å². The molecule has 1 fully saturated rings. The molecule has 1 aliphatic heterocycles. The van der Waals surface area contributed by atoms with Crippen LogP contribution in [0.1, 0.15) is 12.0 Å². The Balaban J connectivity index is 1.26. The van der Waals surface area contributed by atoms with Gasteiger partial charge in [0.05, 0.1) is 11.2 Å². The minimum absolute atomic E-state index is 0.277. The number of aliphatic hydroxyl groups is 1. The van der Waals surface area contributed by atoms with Gasteiger partial charge in [0.1, 0.15) is 10.7 Å². The van der Waals surface area contributed by atoms with Gasteiger partial charge in [-0.05, 0) is 29.8 Å². The van der Waals surface area contributed by atoms with E-state index < -0.39 is 5.60 Å². The molecule has 6 rings (SSSR count). The molecule has 5 aromatic rings. The minimum Gasteiger partial charge on any atom is -0.375 e. The van der Waals surface area contributed by atoms with Crippen LogP contribution < -0.4 is 5.32 Å². The summed E-state index contributed by atoms with van der Waals surface area (Å²) in [6, 6.07) is 17.0. The predicted molar refractivity (Wildman–Crippen MR) is 133 cm³/mol. The lowest BCUT2D eigenvalue weighted by Gasteiger charge is -2.21. The molecule has 1 saturated heterocycles. The number of nitrogens with one attached hydrogen (secondary N) is 1. The highest BCUT2D eigenvalue weighted by Crippen LogP contribution is 2.36. The number of hydrogen-bond acceptors (Lipinski definition) is 8. The summed E-state index contributed by atoms with van der Waals surface area (Å²) in [6.07, 6.45) is 3.93. The molecule has 0 bridgehead atoms. The monoisotopic (exact) mass is 483 g/mol. The summed E-state index contributed by atoms with van der Waals surface area (Å²) in [5, 5.41) is 21.3. The Kier molecular flexibility index (Phi) is 5.05. The summed E-state index contributed by atoms with van der Waals surface area (Å²) in [4.78, 5) is 27.8. The van der Waals surface area contributed by atoms with Crippen molar-refractivity contribution >= 4 is 34.5 Å². The van der Waals surface area contributed by atoms with Crippen molar-refractivity contribution in [2.24, 2.45) is 0 Å². The summed E-state index contributed by atoms with van der Waals surface area (Å²) in [5.41, 5.74) is 2.29. The fourth-order valence-corrected chi connectivity index (χ4v) is 5.04. The van der Waals surface area contributed by atoms with E-state index in [0.717, 1.165) is 16.1 Å². The first-order valence-electron chi connectivity index (χ1n) is 11.1. The number of carbonyl (C=O) groups excluding carboxylic acids is 1. The van der Waals surface area contributed by atoms with Gasteiger partial charge in [0, 0.05) is 49.4 Å². The molecule has 0 aliphatic carbocycles. The molecule has 174 valence electrons. The van der Waals surface area contributed by atoms with Crippen LogP contribution >= 0.6 is 11.3 Å². The number of fused-ring (bicyclic) bond motifs is 1. The molecule has 1 aromatic carbocycles. The smallest absolute Gasteiger partial charge is 0.258 e. The fraction of sp³-hybridized carbons (Fsp3) is 0.160. The van der Waals surface area contributed by atoms with Gasteiger partial charge in [-0.25, -0.2) is 19.5 Å². The molecule has 0 unspecified atom stereocenters. The number of aromatic nitrogens is 5. The Morgan fingerprint density at radius 3 is 2.83 bits per heavy atom. The highest BCUT2D eigenvalue weighted by atomic mass is 32.1. The van der Waals surface area contributed by atoms with Crippen molar-refractivity contribution in [3.63, 3.8) is 0 Å². The molecule has 0 saturated carbocycles. The maximum Gasteiger partial charge on any atom is 0.258 e. The number of likely N-dealkylation sites (tertiary alicyclic amines) is 1. The molecule has 10 heteroatoms. The van der Waals surface area contributed by atoms with E-state index in [0.29, 0.717) is 41.7 Å². The lowest BCUT2D eigenvalue weighted by Crippen LogP contribution is -2.36. The van der Waals surface area contributed by atoms with Gasteiger partial charge < -0.3 is 15.3 Å². The lowest BCUT2D eigenvalue weighted by atomic mass is 9.91. The maximum atomic E-state index is 12.5. The normalized spacial score (nSPS) is 17.9. The second-order valence-electron chi connectivity index (χ2n) is 8.45. The lowest BCUT2D eigenvalue weighted by molar-refractivity contribution is -0.143. The van der Waals surface area contributed by atoms with Crippen molar-refractivity contribution in [3.8, 4) is 22.0 Å². The van der Waals surface area contributed by atoms with E-state index in [4.69, 9.17) is 4.98 Å². The first-order valence-corrected chi connectivity index (χ1v) is 12.0. The van der Waals surface area contributed by atoms with E-state index in [1.165, 1.54) is 11.3 Å². The number of hydrogen-bond donors (Lipinski definition) is 2. The molecule has 1 amide bonds. The van der Waals surface area contributed by atoms with Crippen molar-refractivity contribution in [3.05, 3.63) is 77.9 Å². The van der Waals surface area contributed by atoms with Crippen LogP contribution in [0.4, 0.5) is 11.8 Å². The maximum absolute atomic E-state index is 12.5. The Morgan fingerprint density at radius 1 is 1.09 bits per heavy atom. The second kappa shape index (κ2) is 8.26. The highest BCUT2D eigenvalue weighted by Gasteiger charge is 2.45. The van der Waals surface area contributed by atoms with Crippen LogP contribution in [0.2, 0.25) is 0 Å². The number of likely N-dealkylation sites (N-methyl/N-ethyl adjacent to an activating group) is 1. The topological polar surface area (TPSA) is 109 Å². The quantitative estimate of drug-likeness (QED) is 0.392. The van der Waals surface area contributed by atoms with Gasteiger partial charge >= 0.3 is 0 Å². The molecule has 4 aromatic heterocycles. The van der Waals surface area contributed by atoms with Crippen molar-refractivity contribution < 1.29 is 9.90 Å². The van der Waals surface area contributed by atoms with Gasteiger partial charge in [-0.3, -0.25) is 4.79 Å². The van der Waals surface area contributed by atoms with E-state index in [9.17, 15) is 9.90 Å². The molecule has 2 N–H and O–H groups in total. The average Bonchev–Trinajstić information content (AvgIpc) is 3.59. The predicted octanol–water partition coefficient (Wildman–Crippen LogP) is 3.71. The number of pyridine rings is 1. The average molecular weight is 484 g/mol. The van der Waals surface area contributed by atoms with E-state index in [-0.39, 0.29) is 5.91 Å². The number of anilines is 2. The Labute approximate surface area is 204 Å². The number of amides is 1. The van der Waals surface area contributed by atoms with E-state index in [1.54, 1.807) is 34.8 Å². The zero-order chi connectivity index (χ0) is 24.0. The third kappa shape index (κ3) is 3.82. The van der Waals surface area contributed by atoms with E-state index >= 15 is 0 Å². The minimum atomic E-state index is -1.49. The molecular weight excluding hydrogens is 462 g/mol. The van der Waals surface area contributed by atoms with Crippen LogP contribution in [0.25, 0.3) is 27.5 Å². The largest absolute Gasteiger partial charge is 0.375 e. The molecule has 5 heterocycles. The Hall–Kier alpha value is -4.15. The zero-order valence-electron chi connectivity index (χ0n) is 18.8. The third-order valence-electron chi connectivity index (χ3n) is 6.13. The number of benzene rings is 1.